The van der Waals surface area contributed by atoms with Gasteiger partial charge in [0.05, 0.1) is 6.42 Å². The third kappa shape index (κ3) is 3.40. The van der Waals surface area contributed by atoms with Crippen LogP contribution in [0.5, 0.6) is 0 Å². The lowest BCUT2D eigenvalue weighted by Gasteiger charge is -2.08. The first-order valence-electron chi connectivity index (χ1n) is 5.61. The summed E-state index contributed by atoms with van der Waals surface area (Å²) in [7, 11) is 0. The van der Waals surface area contributed by atoms with E-state index in [1.54, 1.807) is 6.20 Å². The molecule has 1 amide bonds. The maximum absolute atomic E-state index is 11.9. The van der Waals surface area contributed by atoms with E-state index in [4.69, 9.17) is 0 Å². The molecular weight excluding hydrogens is 292 g/mol. The molecule has 0 unspecified atom stereocenters. The van der Waals surface area contributed by atoms with E-state index in [2.05, 4.69) is 26.2 Å². The molecular formula is C14H13BrN2O. The van der Waals surface area contributed by atoms with Crippen molar-refractivity contribution in [1.29, 1.82) is 0 Å². The molecule has 18 heavy (non-hydrogen) atoms. The Morgan fingerprint density at radius 1 is 1.33 bits per heavy atom. The van der Waals surface area contributed by atoms with E-state index in [0.29, 0.717) is 0 Å². The predicted octanol–water partition coefficient (Wildman–Crippen LogP) is 3.33. The van der Waals surface area contributed by atoms with Gasteiger partial charge in [0.2, 0.25) is 5.91 Å². The monoisotopic (exact) mass is 304 g/mol. The lowest BCUT2D eigenvalue weighted by molar-refractivity contribution is -0.115. The maximum Gasteiger partial charge on any atom is 0.230 e. The number of nitrogens with zero attached hydrogens (tertiary/aromatic N) is 1. The Kier molecular flexibility index (Phi) is 4.10. The zero-order valence-corrected chi connectivity index (χ0v) is 11.6. The SMILES string of the molecule is Cc1cc(Br)ccc1NC(=O)Cc1ccccn1. The van der Waals surface area contributed by atoms with Gasteiger partial charge in [0, 0.05) is 22.1 Å². The second kappa shape index (κ2) is 5.78. The maximum atomic E-state index is 11.9. The van der Waals surface area contributed by atoms with Crippen LogP contribution in [-0.2, 0) is 11.2 Å². The molecule has 3 nitrogen and oxygen atoms in total. The van der Waals surface area contributed by atoms with Crippen LogP contribution < -0.4 is 5.32 Å². The number of aryl methyl sites for hydroxylation is 1. The minimum absolute atomic E-state index is 0.0564. The number of aromatic nitrogens is 1. The summed E-state index contributed by atoms with van der Waals surface area (Å²) in [5.74, 6) is -0.0564. The highest BCUT2D eigenvalue weighted by molar-refractivity contribution is 9.10. The number of carbonyl (C=O) groups excluding carboxylic acids is 1. The van der Waals surface area contributed by atoms with E-state index >= 15 is 0 Å². The second-order valence-corrected chi connectivity index (χ2v) is 4.92. The molecule has 0 saturated carbocycles. The highest BCUT2D eigenvalue weighted by atomic mass is 79.9. The molecule has 4 heteroatoms. The summed E-state index contributed by atoms with van der Waals surface area (Å²) in [6, 6.07) is 11.3. The van der Waals surface area contributed by atoms with Gasteiger partial charge < -0.3 is 5.32 Å². The van der Waals surface area contributed by atoms with E-state index in [9.17, 15) is 4.79 Å². The van der Waals surface area contributed by atoms with Crippen LogP contribution in [0.2, 0.25) is 0 Å². The zero-order chi connectivity index (χ0) is 13.0. The standard InChI is InChI=1S/C14H13BrN2O/c1-10-8-11(15)5-6-13(10)17-14(18)9-12-4-2-3-7-16-12/h2-8H,9H2,1H3,(H,17,18). The number of rotatable bonds is 3. The van der Waals surface area contributed by atoms with Crippen LogP contribution in [-0.4, -0.2) is 10.9 Å². The molecule has 0 aliphatic heterocycles. The van der Waals surface area contributed by atoms with Crippen molar-refractivity contribution in [3.63, 3.8) is 0 Å². The third-order valence-corrected chi connectivity index (χ3v) is 3.02. The van der Waals surface area contributed by atoms with Crippen LogP contribution in [0.1, 0.15) is 11.3 Å². The van der Waals surface area contributed by atoms with Crippen molar-refractivity contribution < 1.29 is 4.79 Å². The number of nitrogens with one attached hydrogen (secondary N) is 1. The number of hydrogen-bond acceptors (Lipinski definition) is 2. The van der Waals surface area contributed by atoms with Gasteiger partial charge in [0.15, 0.2) is 0 Å². The van der Waals surface area contributed by atoms with Gasteiger partial charge in [-0.25, -0.2) is 0 Å². The first-order valence-corrected chi connectivity index (χ1v) is 6.40. The first-order chi connectivity index (χ1) is 8.65. The normalized spacial score (nSPS) is 10.1. The van der Waals surface area contributed by atoms with E-state index in [0.717, 1.165) is 21.4 Å². The quantitative estimate of drug-likeness (QED) is 0.945. The average molecular weight is 305 g/mol. The fraction of sp³-hybridized carbons (Fsp3) is 0.143. The number of anilines is 1. The van der Waals surface area contributed by atoms with E-state index in [-0.39, 0.29) is 12.3 Å². The van der Waals surface area contributed by atoms with E-state index in [1.165, 1.54) is 0 Å². The number of benzene rings is 1. The van der Waals surface area contributed by atoms with Crippen molar-refractivity contribution in [2.75, 3.05) is 5.32 Å². The van der Waals surface area contributed by atoms with Gasteiger partial charge in [-0.3, -0.25) is 9.78 Å². The smallest absolute Gasteiger partial charge is 0.230 e. The molecule has 0 saturated heterocycles. The molecule has 92 valence electrons. The Hall–Kier alpha value is -1.68. The topological polar surface area (TPSA) is 42.0 Å². The van der Waals surface area contributed by atoms with Gasteiger partial charge >= 0.3 is 0 Å². The molecule has 0 aliphatic carbocycles. The Morgan fingerprint density at radius 3 is 2.83 bits per heavy atom. The fourth-order valence-electron chi connectivity index (χ4n) is 1.63. The molecule has 1 aromatic carbocycles. The summed E-state index contributed by atoms with van der Waals surface area (Å²) in [6.07, 6.45) is 1.98. The van der Waals surface area contributed by atoms with Gasteiger partial charge in [-0.05, 0) is 42.8 Å². The van der Waals surface area contributed by atoms with Gasteiger partial charge in [-0.15, -0.1) is 0 Å². The summed E-state index contributed by atoms with van der Waals surface area (Å²) in [5, 5.41) is 2.89. The van der Waals surface area contributed by atoms with Gasteiger partial charge in [0.1, 0.15) is 0 Å². The molecule has 0 radical (unpaired) electrons. The minimum Gasteiger partial charge on any atom is -0.326 e. The molecule has 0 bridgehead atoms. The van der Waals surface area contributed by atoms with E-state index in [1.807, 2.05) is 43.3 Å². The van der Waals surface area contributed by atoms with Crippen LogP contribution in [0, 0.1) is 6.92 Å². The average Bonchev–Trinajstić information content (AvgIpc) is 2.34. The molecule has 0 fully saturated rings. The van der Waals surface area contributed by atoms with Crippen LogP contribution in [0.3, 0.4) is 0 Å². The molecule has 0 spiro atoms. The summed E-state index contributed by atoms with van der Waals surface area (Å²) in [5.41, 5.74) is 2.63. The number of halogens is 1. The summed E-state index contributed by atoms with van der Waals surface area (Å²) in [4.78, 5) is 16.0. The molecule has 2 aromatic rings. The van der Waals surface area contributed by atoms with Crippen molar-refractivity contribution in [1.82, 2.24) is 4.98 Å². The molecule has 2 rings (SSSR count). The molecule has 1 heterocycles. The van der Waals surface area contributed by atoms with Crippen molar-refractivity contribution in [3.05, 3.63) is 58.3 Å². The van der Waals surface area contributed by atoms with Gasteiger partial charge in [0.25, 0.3) is 0 Å². The lowest BCUT2D eigenvalue weighted by Crippen LogP contribution is -2.15. The summed E-state index contributed by atoms with van der Waals surface area (Å²) in [6.45, 7) is 1.96. The second-order valence-electron chi connectivity index (χ2n) is 4.01. The summed E-state index contributed by atoms with van der Waals surface area (Å²) < 4.78 is 1.00. The number of carbonyl (C=O) groups is 1. The van der Waals surface area contributed by atoms with Crippen molar-refractivity contribution in [3.8, 4) is 0 Å². The molecule has 1 N–H and O–H groups in total. The summed E-state index contributed by atoms with van der Waals surface area (Å²) >= 11 is 3.39. The Labute approximate surface area is 114 Å². The fourth-order valence-corrected chi connectivity index (χ4v) is 2.10. The van der Waals surface area contributed by atoms with Crippen LogP contribution in [0.4, 0.5) is 5.69 Å². The van der Waals surface area contributed by atoms with Gasteiger partial charge in [-0.2, -0.15) is 0 Å². The van der Waals surface area contributed by atoms with Crippen molar-refractivity contribution in [2.24, 2.45) is 0 Å². The van der Waals surface area contributed by atoms with E-state index < -0.39 is 0 Å². The van der Waals surface area contributed by atoms with Crippen LogP contribution in [0.15, 0.2) is 47.1 Å². The van der Waals surface area contributed by atoms with Gasteiger partial charge in [-0.1, -0.05) is 22.0 Å². The third-order valence-electron chi connectivity index (χ3n) is 2.53. The Balaban J connectivity index is 2.03. The molecule has 1 aromatic heterocycles. The molecule has 0 aliphatic rings. The first kappa shape index (κ1) is 12.8. The van der Waals surface area contributed by atoms with Crippen molar-refractivity contribution >= 4 is 27.5 Å². The predicted molar refractivity (Wildman–Crippen MR) is 75.4 cm³/mol. The number of pyridine rings is 1. The Morgan fingerprint density at radius 2 is 2.17 bits per heavy atom. The molecule has 0 atom stereocenters. The lowest BCUT2D eigenvalue weighted by atomic mass is 10.2. The van der Waals surface area contributed by atoms with Crippen LogP contribution in [0.25, 0.3) is 0 Å². The van der Waals surface area contributed by atoms with Crippen LogP contribution >= 0.6 is 15.9 Å². The largest absolute Gasteiger partial charge is 0.326 e. The Bertz CT molecular complexity index is 555. The number of hydrogen-bond donors (Lipinski definition) is 1. The number of amides is 1. The van der Waals surface area contributed by atoms with Crippen molar-refractivity contribution in [2.45, 2.75) is 13.3 Å². The zero-order valence-electron chi connectivity index (χ0n) is 9.98. The highest BCUT2D eigenvalue weighted by Crippen LogP contribution is 2.20. The minimum atomic E-state index is -0.0564. The highest BCUT2D eigenvalue weighted by Gasteiger charge is 2.06.